The maximum Gasteiger partial charge on any atom is 0.335 e. The Balaban J connectivity index is 2.16. The number of rotatable bonds is 4. The fourth-order valence-electron chi connectivity index (χ4n) is 1.83. The number of fused-ring (bicyclic) bond motifs is 1. The molecule has 1 aromatic carbocycles. The number of aromatic amines is 1. The molecule has 17 heavy (non-hydrogen) atoms. The van der Waals surface area contributed by atoms with E-state index < -0.39 is 12.1 Å². The lowest BCUT2D eigenvalue weighted by Crippen LogP contribution is -2.25. The van der Waals surface area contributed by atoms with Crippen molar-refractivity contribution in [2.75, 3.05) is 6.61 Å². The molecular formula is C13H15NO3. The van der Waals surface area contributed by atoms with E-state index in [1.54, 1.807) is 6.92 Å². The number of nitrogens with one attached hydrogen (secondary N) is 1. The van der Waals surface area contributed by atoms with E-state index in [1.165, 1.54) is 0 Å². The molecule has 4 heteroatoms. The highest BCUT2D eigenvalue weighted by Crippen LogP contribution is 2.19. The second-order valence-electron chi connectivity index (χ2n) is 3.83. The zero-order chi connectivity index (χ0) is 12.3. The third kappa shape index (κ3) is 2.47. The van der Waals surface area contributed by atoms with E-state index in [9.17, 15) is 9.90 Å². The van der Waals surface area contributed by atoms with Gasteiger partial charge in [0, 0.05) is 23.5 Å². The summed E-state index contributed by atoms with van der Waals surface area (Å²) in [5.41, 5.74) is 1.92. The van der Waals surface area contributed by atoms with Crippen molar-refractivity contribution in [2.45, 2.75) is 19.4 Å². The molecule has 0 fully saturated rings. The van der Waals surface area contributed by atoms with Crippen LogP contribution in [0.15, 0.2) is 30.5 Å². The van der Waals surface area contributed by atoms with Crippen molar-refractivity contribution in [3.8, 4) is 0 Å². The van der Waals surface area contributed by atoms with Crippen LogP contribution in [0.2, 0.25) is 0 Å². The van der Waals surface area contributed by atoms with Crippen LogP contribution in [-0.2, 0) is 16.0 Å². The van der Waals surface area contributed by atoms with Gasteiger partial charge in [-0.1, -0.05) is 18.2 Å². The summed E-state index contributed by atoms with van der Waals surface area (Å²) in [4.78, 5) is 14.4. The van der Waals surface area contributed by atoms with Gasteiger partial charge in [0.15, 0.2) is 6.10 Å². The average Bonchev–Trinajstić information content (AvgIpc) is 2.73. The predicted molar refractivity (Wildman–Crippen MR) is 64.6 cm³/mol. The van der Waals surface area contributed by atoms with Crippen LogP contribution in [0.1, 0.15) is 12.5 Å². The second-order valence-corrected chi connectivity index (χ2v) is 3.83. The van der Waals surface area contributed by atoms with Crippen molar-refractivity contribution in [3.63, 3.8) is 0 Å². The summed E-state index contributed by atoms with van der Waals surface area (Å²) in [7, 11) is 0. The van der Waals surface area contributed by atoms with Crippen molar-refractivity contribution >= 4 is 16.9 Å². The van der Waals surface area contributed by atoms with E-state index >= 15 is 0 Å². The zero-order valence-electron chi connectivity index (χ0n) is 9.64. The monoisotopic (exact) mass is 233 g/mol. The van der Waals surface area contributed by atoms with Crippen LogP contribution in [0.3, 0.4) is 0 Å². The number of carbonyl (C=O) groups excluding carboxylic acids is 1. The molecule has 2 N–H and O–H groups in total. The molecule has 0 radical (unpaired) electrons. The summed E-state index contributed by atoms with van der Waals surface area (Å²) in [6, 6.07) is 7.77. The molecule has 4 nitrogen and oxygen atoms in total. The lowest BCUT2D eigenvalue weighted by molar-refractivity contribution is -0.152. The van der Waals surface area contributed by atoms with Crippen LogP contribution in [0, 0.1) is 0 Å². The van der Waals surface area contributed by atoms with Gasteiger partial charge in [-0.15, -0.1) is 0 Å². The minimum atomic E-state index is -1.10. The summed E-state index contributed by atoms with van der Waals surface area (Å²) in [6.07, 6.45) is 0.977. The Kier molecular flexibility index (Phi) is 3.44. The Morgan fingerprint density at radius 1 is 1.47 bits per heavy atom. The number of aliphatic hydroxyl groups excluding tert-OH is 1. The Hall–Kier alpha value is -1.81. The normalized spacial score (nSPS) is 12.6. The number of H-pyrrole nitrogens is 1. The SMILES string of the molecule is CCOC(=O)[C@H](O)Cc1c[nH]c2ccccc12. The predicted octanol–water partition coefficient (Wildman–Crippen LogP) is 1.63. The molecule has 0 amide bonds. The summed E-state index contributed by atoms with van der Waals surface area (Å²) in [6.45, 7) is 2.00. The summed E-state index contributed by atoms with van der Waals surface area (Å²) in [5.74, 6) is -0.571. The van der Waals surface area contributed by atoms with Gasteiger partial charge in [-0.25, -0.2) is 4.79 Å². The Morgan fingerprint density at radius 2 is 2.24 bits per heavy atom. The van der Waals surface area contributed by atoms with Gasteiger partial charge in [-0.2, -0.15) is 0 Å². The molecule has 0 saturated heterocycles. The topological polar surface area (TPSA) is 62.3 Å². The summed E-state index contributed by atoms with van der Waals surface area (Å²) >= 11 is 0. The molecule has 0 spiro atoms. The van der Waals surface area contributed by atoms with Gasteiger partial charge in [0.05, 0.1) is 6.61 Å². The highest BCUT2D eigenvalue weighted by Gasteiger charge is 2.18. The molecule has 0 bridgehead atoms. The van der Waals surface area contributed by atoms with Crippen molar-refractivity contribution in [3.05, 3.63) is 36.0 Å². The first-order valence-electron chi connectivity index (χ1n) is 5.62. The Morgan fingerprint density at radius 3 is 3.00 bits per heavy atom. The largest absolute Gasteiger partial charge is 0.464 e. The number of para-hydroxylation sites is 1. The number of aromatic nitrogens is 1. The van der Waals surface area contributed by atoms with Gasteiger partial charge < -0.3 is 14.8 Å². The first-order chi connectivity index (χ1) is 8.22. The maximum atomic E-state index is 11.3. The molecule has 0 aliphatic carbocycles. The van der Waals surface area contributed by atoms with E-state index in [4.69, 9.17) is 4.74 Å². The number of ether oxygens (including phenoxy) is 1. The number of esters is 1. The van der Waals surface area contributed by atoms with Crippen LogP contribution in [-0.4, -0.2) is 28.8 Å². The van der Waals surface area contributed by atoms with Gasteiger partial charge in [-0.3, -0.25) is 0 Å². The lowest BCUT2D eigenvalue weighted by atomic mass is 10.1. The number of aliphatic hydroxyl groups is 1. The molecule has 0 saturated carbocycles. The van der Waals surface area contributed by atoms with Crippen LogP contribution >= 0.6 is 0 Å². The summed E-state index contributed by atoms with van der Waals surface area (Å²) in [5, 5.41) is 10.7. The third-order valence-corrected chi connectivity index (χ3v) is 2.65. The van der Waals surface area contributed by atoms with Gasteiger partial charge >= 0.3 is 5.97 Å². The van der Waals surface area contributed by atoms with Crippen molar-refractivity contribution in [2.24, 2.45) is 0 Å². The van der Waals surface area contributed by atoms with E-state index in [0.717, 1.165) is 16.5 Å². The highest BCUT2D eigenvalue weighted by atomic mass is 16.5. The van der Waals surface area contributed by atoms with Crippen LogP contribution < -0.4 is 0 Å². The van der Waals surface area contributed by atoms with Crippen molar-refractivity contribution < 1.29 is 14.6 Å². The summed E-state index contributed by atoms with van der Waals surface area (Å²) < 4.78 is 4.77. The van der Waals surface area contributed by atoms with Gasteiger partial charge in [0.1, 0.15) is 0 Å². The second kappa shape index (κ2) is 5.01. The Labute approximate surface area is 99.2 Å². The molecule has 2 rings (SSSR count). The van der Waals surface area contributed by atoms with E-state index in [0.29, 0.717) is 0 Å². The molecule has 2 aromatic rings. The van der Waals surface area contributed by atoms with Crippen molar-refractivity contribution in [1.29, 1.82) is 0 Å². The van der Waals surface area contributed by atoms with Crippen molar-refractivity contribution in [1.82, 2.24) is 4.98 Å². The number of carbonyl (C=O) groups is 1. The van der Waals surface area contributed by atoms with Crippen LogP contribution in [0.4, 0.5) is 0 Å². The molecule has 1 heterocycles. The van der Waals surface area contributed by atoms with Crippen LogP contribution in [0.5, 0.6) is 0 Å². The van der Waals surface area contributed by atoms with E-state index in [2.05, 4.69) is 4.98 Å². The zero-order valence-corrected chi connectivity index (χ0v) is 9.64. The molecule has 90 valence electrons. The minimum absolute atomic E-state index is 0.267. The number of hydrogen-bond acceptors (Lipinski definition) is 3. The molecule has 0 aliphatic rings. The first kappa shape index (κ1) is 11.7. The van der Waals surface area contributed by atoms with Crippen LogP contribution in [0.25, 0.3) is 10.9 Å². The number of benzene rings is 1. The van der Waals surface area contributed by atoms with Gasteiger partial charge in [0.2, 0.25) is 0 Å². The fourth-order valence-corrected chi connectivity index (χ4v) is 1.83. The molecule has 1 atom stereocenters. The average molecular weight is 233 g/mol. The van der Waals surface area contributed by atoms with E-state index in [1.807, 2.05) is 30.5 Å². The van der Waals surface area contributed by atoms with Gasteiger partial charge in [-0.05, 0) is 18.6 Å². The minimum Gasteiger partial charge on any atom is -0.464 e. The standard InChI is InChI=1S/C13H15NO3/c1-2-17-13(16)12(15)7-9-8-14-11-6-4-3-5-10(9)11/h3-6,8,12,14-15H,2,7H2,1H3/t12-/m1/s1. The molecule has 0 unspecified atom stereocenters. The molecular weight excluding hydrogens is 218 g/mol. The lowest BCUT2D eigenvalue weighted by Gasteiger charge is -2.08. The smallest absolute Gasteiger partial charge is 0.335 e. The first-order valence-corrected chi connectivity index (χ1v) is 5.62. The quantitative estimate of drug-likeness (QED) is 0.789. The highest BCUT2D eigenvalue weighted by molar-refractivity contribution is 5.84. The third-order valence-electron chi connectivity index (χ3n) is 2.65. The molecule has 1 aromatic heterocycles. The number of hydrogen-bond donors (Lipinski definition) is 2. The van der Waals surface area contributed by atoms with E-state index in [-0.39, 0.29) is 13.0 Å². The maximum absolute atomic E-state index is 11.3. The Bertz CT molecular complexity index is 518. The van der Waals surface area contributed by atoms with Gasteiger partial charge in [0.25, 0.3) is 0 Å². The molecule has 0 aliphatic heterocycles. The fraction of sp³-hybridized carbons (Fsp3) is 0.308.